The summed E-state index contributed by atoms with van der Waals surface area (Å²) in [5.74, 6) is -11.2. The molecule has 0 unspecified atom stereocenters. The van der Waals surface area contributed by atoms with Gasteiger partial charge in [-0.3, -0.25) is 4.79 Å². The van der Waals surface area contributed by atoms with Gasteiger partial charge >= 0.3 is 48.6 Å². The van der Waals surface area contributed by atoms with E-state index in [9.17, 15) is 57.5 Å². The van der Waals surface area contributed by atoms with Crippen molar-refractivity contribution in [2.24, 2.45) is 5.73 Å². The summed E-state index contributed by atoms with van der Waals surface area (Å²) in [5.41, 5.74) is 4.97. The second-order valence-corrected chi connectivity index (χ2v) is 5.84. The van der Waals surface area contributed by atoms with Crippen molar-refractivity contribution in [3.05, 3.63) is 0 Å². The van der Waals surface area contributed by atoms with Gasteiger partial charge in [-0.05, 0) is 6.42 Å². The number of hydrogen-bond acceptors (Lipinski definition) is 5. The maximum atomic E-state index is 10.6. The average molecular weight is 599 g/mol. The first kappa shape index (κ1) is 44.5. The number of aliphatic carboxylic acids is 4. The Morgan fingerprint density at radius 2 is 0.684 bits per heavy atom. The van der Waals surface area contributed by atoms with E-state index in [1.54, 1.807) is 0 Å². The van der Waals surface area contributed by atoms with Crippen molar-refractivity contribution in [2.45, 2.75) is 70.2 Å². The summed E-state index contributed by atoms with van der Waals surface area (Å²) in [6.45, 7) is 2.17. The van der Waals surface area contributed by atoms with Gasteiger partial charge in [0.05, 0.1) is 0 Å². The lowest BCUT2D eigenvalue weighted by Crippen LogP contribution is -2.21. The lowest BCUT2D eigenvalue weighted by atomic mass is 10.1. The topological polar surface area (TPSA) is 192 Å². The molecule has 22 heteroatoms. The number of primary amides is 1. The van der Waals surface area contributed by atoms with Crippen molar-refractivity contribution in [2.75, 3.05) is 0 Å². The maximum Gasteiger partial charge on any atom is 0.490 e. The largest absolute Gasteiger partial charge is 0.490 e. The normalized spacial score (nSPS) is 10.9. The quantitative estimate of drug-likeness (QED) is 0.218. The van der Waals surface area contributed by atoms with Gasteiger partial charge in [-0.1, -0.05) is 32.6 Å². The van der Waals surface area contributed by atoms with E-state index in [0.29, 0.717) is 6.42 Å². The van der Waals surface area contributed by atoms with Gasteiger partial charge in [-0.15, -0.1) is 0 Å². The van der Waals surface area contributed by atoms with Crippen LogP contribution in [0.5, 0.6) is 0 Å². The maximum absolute atomic E-state index is 10.6. The summed E-state index contributed by atoms with van der Waals surface area (Å²) in [7, 11) is 0. The molecule has 0 aromatic rings. The number of carboxylic acids is 4. The van der Waals surface area contributed by atoms with E-state index in [1.807, 2.05) is 0 Å². The number of rotatable bonds is 6. The molecule has 10 nitrogen and oxygen atoms in total. The van der Waals surface area contributed by atoms with Crippen molar-refractivity contribution >= 4 is 29.8 Å². The van der Waals surface area contributed by atoms with Crippen LogP contribution in [0.4, 0.5) is 52.7 Å². The molecular weight excluding hydrogens is 578 g/mol. The molecule has 0 bridgehead atoms. The highest BCUT2D eigenvalue weighted by atomic mass is 19.4. The second kappa shape index (κ2) is 20.6. The first-order valence-electron chi connectivity index (χ1n) is 9.03. The number of hydrogen-bond donors (Lipinski definition) is 5. The lowest BCUT2D eigenvalue weighted by molar-refractivity contribution is -0.193. The standard InChI is InChI=1S/C8H17NO.4C2HF3O2/c1-2-3-4-5-6-7-8(9)10;4*3-2(4,5)1(6)7/h2-7H2,1H3,(H2,9,10);4*(H,6,7). The zero-order valence-electron chi connectivity index (χ0n) is 18.7. The predicted molar refractivity (Wildman–Crippen MR) is 97.3 cm³/mol. The Kier molecular flexibility index (Phi) is 24.1. The Bertz CT molecular complexity index is 619. The van der Waals surface area contributed by atoms with Crippen LogP contribution in [0.1, 0.15) is 45.4 Å². The van der Waals surface area contributed by atoms with Gasteiger partial charge in [0.1, 0.15) is 0 Å². The molecule has 0 spiro atoms. The molecule has 0 aliphatic carbocycles. The van der Waals surface area contributed by atoms with Crippen LogP contribution in [0.15, 0.2) is 0 Å². The van der Waals surface area contributed by atoms with Gasteiger partial charge in [-0.2, -0.15) is 52.7 Å². The van der Waals surface area contributed by atoms with Crippen molar-refractivity contribution in [1.82, 2.24) is 0 Å². The Balaban J connectivity index is -0.000000121. The number of nitrogens with two attached hydrogens (primary N) is 1. The molecule has 228 valence electrons. The number of amides is 1. The first-order valence-corrected chi connectivity index (χ1v) is 9.03. The van der Waals surface area contributed by atoms with Crippen molar-refractivity contribution in [3.8, 4) is 0 Å². The summed E-state index contributed by atoms with van der Waals surface area (Å²) in [5, 5.41) is 28.5. The smallest absolute Gasteiger partial charge is 0.475 e. The highest BCUT2D eigenvalue weighted by Gasteiger charge is 2.39. The van der Waals surface area contributed by atoms with Crippen molar-refractivity contribution in [1.29, 1.82) is 0 Å². The fourth-order valence-electron chi connectivity index (χ4n) is 0.903. The second-order valence-electron chi connectivity index (χ2n) is 5.84. The number of unbranched alkanes of at least 4 members (excludes halogenated alkanes) is 4. The molecule has 0 aliphatic rings. The summed E-state index contributed by atoms with van der Waals surface area (Å²) in [4.78, 5) is 45.8. The minimum Gasteiger partial charge on any atom is -0.475 e. The summed E-state index contributed by atoms with van der Waals surface area (Å²) in [6.07, 6.45) is -13.9. The fourth-order valence-corrected chi connectivity index (χ4v) is 0.903. The van der Waals surface area contributed by atoms with Gasteiger partial charge < -0.3 is 26.2 Å². The van der Waals surface area contributed by atoms with Gasteiger partial charge in [0.25, 0.3) is 0 Å². The Hall–Kier alpha value is -3.49. The molecule has 38 heavy (non-hydrogen) atoms. The third-order valence-corrected chi connectivity index (χ3v) is 2.50. The summed E-state index contributed by atoms with van der Waals surface area (Å²) < 4.78 is 127. The van der Waals surface area contributed by atoms with Crippen molar-refractivity contribution < 1.29 is 97.1 Å². The number of carbonyl (C=O) groups is 5. The highest BCUT2D eigenvalue weighted by Crippen LogP contribution is 2.14. The van der Waals surface area contributed by atoms with E-state index in [4.69, 9.17) is 45.3 Å². The lowest BCUT2D eigenvalue weighted by Gasteiger charge is -1.95. The minimum absolute atomic E-state index is 0.170. The van der Waals surface area contributed by atoms with Crippen LogP contribution in [0.3, 0.4) is 0 Å². The molecule has 6 N–H and O–H groups in total. The van der Waals surface area contributed by atoms with Gasteiger partial charge in [0.15, 0.2) is 0 Å². The van der Waals surface area contributed by atoms with Crippen LogP contribution >= 0.6 is 0 Å². The number of halogens is 12. The number of carboxylic acid groups (broad SMARTS) is 4. The third-order valence-electron chi connectivity index (χ3n) is 2.50. The van der Waals surface area contributed by atoms with E-state index in [-0.39, 0.29) is 5.91 Å². The van der Waals surface area contributed by atoms with E-state index < -0.39 is 48.6 Å². The molecule has 0 saturated carbocycles. The van der Waals surface area contributed by atoms with Gasteiger partial charge in [-0.25, -0.2) is 19.2 Å². The van der Waals surface area contributed by atoms with E-state index in [0.717, 1.165) is 12.8 Å². The SMILES string of the molecule is CCCCCCCC(N)=O.O=C(O)C(F)(F)F.O=C(O)C(F)(F)F.O=C(O)C(F)(F)F.O=C(O)C(F)(F)F. The monoisotopic (exact) mass is 599 g/mol. The van der Waals surface area contributed by atoms with Crippen LogP contribution in [0, 0.1) is 0 Å². The summed E-state index contributed by atoms with van der Waals surface area (Å²) in [6, 6.07) is 0. The molecule has 0 atom stereocenters. The molecular formula is C16H21F12NO9. The number of alkyl halides is 12. The first-order chi connectivity index (χ1) is 16.5. The Labute approximate surface area is 204 Å². The Morgan fingerprint density at radius 3 is 0.816 bits per heavy atom. The molecule has 1 amide bonds. The fraction of sp³-hybridized carbons (Fsp3) is 0.688. The van der Waals surface area contributed by atoms with Crippen LogP contribution in [-0.2, 0) is 24.0 Å². The molecule has 0 aromatic carbocycles. The van der Waals surface area contributed by atoms with Gasteiger partial charge in [0, 0.05) is 6.42 Å². The zero-order chi connectivity index (χ0) is 32.1. The molecule has 0 saturated heterocycles. The van der Waals surface area contributed by atoms with Crippen LogP contribution in [0.25, 0.3) is 0 Å². The van der Waals surface area contributed by atoms with E-state index >= 15 is 0 Å². The average Bonchev–Trinajstić information content (AvgIpc) is 2.66. The highest BCUT2D eigenvalue weighted by molar-refractivity contribution is 5.74. The molecule has 0 rings (SSSR count). The van der Waals surface area contributed by atoms with Gasteiger partial charge in [0.2, 0.25) is 5.91 Å². The predicted octanol–water partition coefficient (Wildman–Crippen LogP) is 4.37. The third kappa shape index (κ3) is 42.7. The molecule has 0 aromatic heterocycles. The van der Waals surface area contributed by atoms with Crippen molar-refractivity contribution in [3.63, 3.8) is 0 Å². The molecule has 0 fully saturated rings. The molecule has 0 aliphatic heterocycles. The van der Waals surface area contributed by atoms with Crippen LogP contribution < -0.4 is 5.73 Å². The van der Waals surface area contributed by atoms with Crippen LogP contribution in [0.2, 0.25) is 0 Å². The number of carbonyl (C=O) groups excluding carboxylic acids is 1. The summed E-state index contributed by atoms with van der Waals surface area (Å²) >= 11 is 0. The van der Waals surface area contributed by atoms with E-state index in [1.165, 1.54) is 19.3 Å². The molecule has 0 radical (unpaired) electrons. The Morgan fingerprint density at radius 1 is 0.500 bits per heavy atom. The van der Waals surface area contributed by atoms with Crippen LogP contribution in [-0.4, -0.2) is 74.9 Å². The zero-order valence-corrected chi connectivity index (χ0v) is 18.7. The van der Waals surface area contributed by atoms with E-state index in [2.05, 4.69) is 6.92 Å². The molecule has 0 heterocycles. The minimum atomic E-state index is -5.08.